The van der Waals surface area contributed by atoms with Gasteiger partial charge in [0.05, 0.1) is 10.6 Å². The number of hydrogen-bond donors (Lipinski definition) is 1. The van der Waals surface area contributed by atoms with E-state index in [0.717, 1.165) is 23.7 Å². The average Bonchev–Trinajstić information content (AvgIpc) is 2.83. The molecule has 1 aliphatic heterocycles. The first-order chi connectivity index (χ1) is 11.1. The summed E-state index contributed by atoms with van der Waals surface area (Å²) in [5, 5.41) is 9.50. The number of benzene rings is 2. The standard InChI is InChI=1S/C18H15NO3S/c1-2-12-7-3-5-9-14(12)19-17(21)16(23-18(19)22)11-13-8-4-6-10-15(13)20/h3-11,20H,2H2,1H3/b16-11-. The van der Waals surface area contributed by atoms with Gasteiger partial charge in [-0.25, -0.2) is 4.90 Å². The van der Waals surface area contributed by atoms with Crippen LogP contribution in [0.3, 0.4) is 0 Å². The number of amides is 2. The number of anilines is 1. The maximum absolute atomic E-state index is 12.6. The molecular weight excluding hydrogens is 310 g/mol. The topological polar surface area (TPSA) is 57.6 Å². The highest BCUT2D eigenvalue weighted by Crippen LogP contribution is 2.37. The number of carbonyl (C=O) groups excluding carboxylic acids is 2. The van der Waals surface area contributed by atoms with Crippen molar-refractivity contribution in [3.05, 3.63) is 64.6 Å². The molecule has 0 saturated carbocycles. The predicted molar refractivity (Wildman–Crippen MR) is 92.4 cm³/mol. The number of para-hydroxylation sites is 2. The molecule has 4 nitrogen and oxygen atoms in total. The molecule has 0 aliphatic carbocycles. The summed E-state index contributed by atoms with van der Waals surface area (Å²) in [5.74, 6) is -0.280. The van der Waals surface area contributed by atoms with Crippen molar-refractivity contribution in [1.29, 1.82) is 0 Å². The monoisotopic (exact) mass is 325 g/mol. The van der Waals surface area contributed by atoms with E-state index >= 15 is 0 Å². The second kappa shape index (κ2) is 6.30. The van der Waals surface area contributed by atoms with Gasteiger partial charge in [-0.15, -0.1) is 0 Å². The number of phenolic OH excluding ortho intramolecular Hbond substituents is 1. The van der Waals surface area contributed by atoms with E-state index in [0.29, 0.717) is 16.2 Å². The Morgan fingerprint density at radius 2 is 1.78 bits per heavy atom. The molecule has 1 aliphatic rings. The van der Waals surface area contributed by atoms with Crippen LogP contribution in [0, 0.1) is 0 Å². The molecule has 23 heavy (non-hydrogen) atoms. The highest BCUT2D eigenvalue weighted by molar-refractivity contribution is 8.19. The summed E-state index contributed by atoms with van der Waals surface area (Å²) in [6.45, 7) is 1.98. The van der Waals surface area contributed by atoms with Gasteiger partial charge in [-0.3, -0.25) is 9.59 Å². The second-order valence-corrected chi connectivity index (χ2v) is 6.05. The van der Waals surface area contributed by atoms with E-state index in [4.69, 9.17) is 0 Å². The molecule has 1 fully saturated rings. The lowest BCUT2D eigenvalue weighted by Gasteiger charge is -2.16. The number of nitrogens with zero attached hydrogens (tertiary/aromatic N) is 1. The number of carbonyl (C=O) groups is 2. The van der Waals surface area contributed by atoms with Crippen LogP contribution in [-0.2, 0) is 11.2 Å². The van der Waals surface area contributed by atoms with Gasteiger partial charge in [0.2, 0.25) is 0 Å². The summed E-state index contributed by atoms with van der Waals surface area (Å²) in [4.78, 5) is 26.4. The molecule has 0 aromatic heterocycles. The first-order valence-electron chi connectivity index (χ1n) is 7.25. The number of rotatable bonds is 3. The van der Waals surface area contributed by atoms with Crippen LogP contribution in [0.2, 0.25) is 0 Å². The van der Waals surface area contributed by atoms with Crippen LogP contribution in [0.25, 0.3) is 6.08 Å². The van der Waals surface area contributed by atoms with Crippen LogP contribution in [-0.4, -0.2) is 16.3 Å². The minimum atomic E-state index is -0.357. The Bertz CT molecular complexity index is 813. The van der Waals surface area contributed by atoms with Crippen LogP contribution in [0.1, 0.15) is 18.1 Å². The Balaban J connectivity index is 1.99. The fourth-order valence-electron chi connectivity index (χ4n) is 2.45. The Kier molecular flexibility index (Phi) is 4.21. The highest BCUT2D eigenvalue weighted by atomic mass is 32.2. The van der Waals surface area contributed by atoms with Crippen molar-refractivity contribution in [1.82, 2.24) is 0 Å². The highest BCUT2D eigenvalue weighted by Gasteiger charge is 2.37. The molecule has 1 saturated heterocycles. The maximum atomic E-state index is 12.6. The van der Waals surface area contributed by atoms with Crippen molar-refractivity contribution < 1.29 is 14.7 Å². The lowest BCUT2D eigenvalue weighted by Crippen LogP contribution is -2.28. The van der Waals surface area contributed by atoms with Crippen LogP contribution >= 0.6 is 11.8 Å². The van der Waals surface area contributed by atoms with Crippen molar-refractivity contribution in [2.75, 3.05) is 4.90 Å². The van der Waals surface area contributed by atoms with Crippen LogP contribution in [0.15, 0.2) is 53.4 Å². The SMILES string of the molecule is CCc1ccccc1N1C(=O)S/C(=C\c2ccccc2O)C1=O. The van der Waals surface area contributed by atoms with Gasteiger partial charge in [-0.2, -0.15) is 0 Å². The molecule has 1 N–H and O–H groups in total. The fourth-order valence-corrected chi connectivity index (χ4v) is 3.28. The molecule has 0 spiro atoms. The van der Waals surface area contributed by atoms with Crippen LogP contribution in [0.5, 0.6) is 5.75 Å². The Morgan fingerprint density at radius 1 is 1.09 bits per heavy atom. The molecule has 2 aromatic carbocycles. The van der Waals surface area contributed by atoms with Crippen molar-refractivity contribution in [2.24, 2.45) is 0 Å². The van der Waals surface area contributed by atoms with E-state index in [-0.39, 0.29) is 16.9 Å². The van der Waals surface area contributed by atoms with Gasteiger partial charge in [0.25, 0.3) is 11.1 Å². The van der Waals surface area contributed by atoms with Gasteiger partial charge in [0, 0.05) is 5.56 Å². The average molecular weight is 325 g/mol. The first kappa shape index (κ1) is 15.4. The van der Waals surface area contributed by atoms with Crippen molar-refractivity contribution >= 4 is 34.7 Å². The Labute approximate surface area is 138 Å². The summed E-state index contributed by atoms with van der Waals surface area (Å²) in [5.41, 5.74) is 2.08. The van der Waals surface area contributed by atoms with Gasteiger partial charge < -0.3 is 5.11 Å². The van der Waals surface area contributed by atoms with E-state index in [2.05, 4.69) is 0 Å². The lowest BCUT2D eigenvalue weighted by atomic mass is 10.1. The van der Waals surface area contributed by atoms with Crippen LogP contribution < -0.4 is 4.90 Å². The summed E-state index contributed by atoms with van der Waals surface area (Å²) in [6.07, 6.45) is 2.28. The number of phenols is 1. The molecule has 2 aromatic rings. The molecule has 0 unspecified atom stereocenters. The van der Waals surface area contributed by atoms with Gasteiger partial charge in [0.1, 0.15) is 5.75 Å². The zero-order valence-electron chi connectivity index (χ0n) is 12.5. The third-order valence-corrected chi connectivity index (χ3v) is 4.50. The van der Waals surface area contributed by atoms with Gasteiger partial charge in [-0.05, 0) is 42.0 Å². The number of aromatic hydroxyl groups is 1. The third-order valence-electron chi connectivity index (χ3n) is 3.63. The predicted octanol–water partition coefficient (Wildman–Crippen LogP) is 4.20. The molecule has 5 heteroatoms. The largest absolute Gasteiger partial charge is 0.507 e. The molecular formula is C18H15NO3S. The van der Waals surface area contributed by atoms with E-state index < -0.39 is 0 Å². The quantitative estimate of drug-likeness (QED) is 0.860. The minimum Gasteiger partial charge on any atom is -0.507 e. The van der Waals surface area contributed by atoms with E-state index in [9.17, 15) is 14.7 Å². The third kappa shape index (κ3) is 2.87. The molecule has 3 rings (SSSR count). The van der Waals surface area contributed by atoms with Crippen molar-refractivity contribution in [2.45, 2.75) is 13.3 Å². The van der Waals surface area contributed by atoms with Gasteiger partial charge in [-0.1, -0.05) is 43.3 Å². The summed E-state index contributed by atoms with van der Waals surface area (Å²) in [6, 6.07) is 14.1. The number of aryl methyl sites for hydroxylation is 1. The summed E-state index contributed by atoms with van der Waals surface area (Å²) < 4.78 is 0. The zero-order chi connectivity index (χ0) is 16.4. The first-order valence-corrected chi connectivity index (χ1v) is 8.07. The zero-order valence-corrected chi connectivity index (χ0v) is 13.3. The maximum Gasteiger partial charge on any atom is 0.298 e. The fraction of sp³-hybridized carbons (Fsp3) is 0.111. The summed E-state index contributed by atoms with van der Waals surface area (Å²) >= 11 is 0.887. The normalized spacial score (nSPS) is 16.4. The lowest BCUT2D eigenvalue weighted by molar-refractivity contribution is -0.113. The summed E-state index contributed by atoms with van der Waals surface area (Å²) in [7, 11) is 0. The van der Waals surface area contributed by atoms with E-state index in [1.165, 1.54) is 4.90 Å². The molecule has 0 radical (unpaired) electrons. The number of hydrogen-bond acceptors (Lipinski definition) is 4. The Morgan fingerprint density at radius 3 is 2.52 bits per heavy atom. The Hall–Kier alpha value is -2.53. The van der Waals surface area contributed by atoms with Gasteiger partial charge in [0.15, 0.2) is 0 Å². The number of thioether (sulfide) groups is 1. The van der Waals surface area contributed by atoms with E-state index in [1.54, 1.807) is 36.4 Å². The van der Waals surface area contributed by atoms with Crippen molar-refractivity contribution in [3.8, 4) is 5.75 Å². The second-order valence-electron chi connectivity index (χ2n) is 5.06. The molecule has 116 valence electrons. The molecule has 2 amide bonds. The number of imide groups is 1. The molecule has 0 bridgehead atoms. The van der Waals surface area contributed by atoms with E-state index in [1.807, 2.05) is 25.1 Å². The molecule has 0 atom stereocenters. The van der Waals surface area contributed by atoms with Crippen molar-refractivity contribution in [3.63, 3.8) is 0 Å². The smallest absolute Gasteiger partial charge is 0.298 e. The minimum absolute atomic E-state index is 0.0771. The van der Waals surface area contributed by atoms with Crippen LogP contribution in [0.4, 0.5) is 10.5 Å². The molecule has 1 heterocycles. The van der Waals surface area contributed by atoms with Gasteiger partial charge >= 0.3 is 0 Å².